The predicted molar refractivity (Wildman–Crippen MR) is 136 cm³/mol. The number of nitrogens with one attached hydrogen (secondary N) is 3. The number of hydrogen-bond donors (Lipinski definition) is 5. The second kappa shape index (κ2) is 22.1. The van der Waals surface area contributed by atoms with Crippen LogP contribution in [0.15, 0.2) is 0 Å². The summed E-state index contributed by atoms with van der Waals surface area (Å²) in [4.78, 5) is 38.0. The quantitative estimate of drug-likeness (QED) is 0.155. The average molecular weight is 470 g/mol. The highest BCUT2D eigenvalue weighted by Gasteiger charge is 2.26. The third kappa shape index (κ3) is 17.5. The molecule has 0 aromatic heterocycles. The van der Waals surface area contributed by atoms with Crippen molar-refractivity contribution in [2.75, 3.05) is 19.6 Å². The number of rotatable bonds is 22. The van der Waals surface area contributed by atoms with E-state index in [0.717, 1.165) is 51.4 Å². The molecule has 3 amide bonds. The zero-order valence-electron chi connectivity index (χ0n) is 21.3. The van der Waals surface area contributed by atoms with Crippen LogP contribution in [0.1, 0.15) is 110 Å². The highest BCUT2D eigenvalue weighted by Crippen LogP contribution is 2.09. The summed E-state index contributed by atoms with van der Waals surface area (Å²) in [7, 11) is 0. The van der Waals surface area contributed by atoms with Crippen LogP contribution in [-0.2, 0) is 14.4 Å². The number of nitrogens with two attached hydrogens (primary N) is 2. The van der Waals surface area contributed by atoms with Crippen molar-refractivity contribution in [1.29, 1.82) is 0 Å². The molecule has 0 aliphatic rings. The molecule has 8 heteroatoms. The van der Waals surface area contributed by atoms with Gasteiger partial charge in [-0.2, -0.15) is 0 Å². The molecule has 0 radical (unpaired) electrons. The van der Waals surface area contributed by atoms with Gasteiger partial charge in [0.05, 0.1) is 0 Å². The molecule has 0 fully saturated rings. The van der Waals surface area contributed by atoms with Crippen molar-refractivity contribution in [3.05, 3.63) is 0 Å². The van der Waals surface area contributed by atoms with E-state index in [1.165, 1.54) is 25.7 Å². The van der Waals surface area contributed by atoms with Crippen LogP contribution >= 0.6 is 0 Å². The molecule has 0 saturated heterocycles. The van der Waals surface area contributed by atoms with Crippen LogP contribution in [0.2, 0.25) is 0 Å². The lowest BCUT2D eigenvalue weighted by molar-refractivity contribution is -0.132. The van der Waals surface area contributed by atoms with E-state index in [-0.39, 0.29) is 17.7 Å². The molecule has 0 bridgehead atoms. The van der Waals surface area contributed by atoms with Crippen molar-refractivity contribution in [3.63, 3.8) is 0 Å². The fraction of sp³-hybridized carbons (Fsp3) is 0.880. The lowest BCUT2D eigenvalue weighted by Gasteiger charge is -2.23. The van der Waals surface area contributed by atoms with Gasteiger partial charge in [-0.05, 0) is 64.5 Å². The summed E-state index contributed by atoms with van der Waals surface area (Å²) in [5.74, 6) is -0.590. The minimum absolute atomic E-state index is 0.105. The maximum absolute atomic E-state index is 13.0. The van der Waals surface area contributed by atoms with Crippen molar-refractivity contribution >= 4 is 17.7 Å². The number of carbonyl (C=O) groups is 3. The highest BCUT2D eigenvalue weighted by molar-refractivity contribution is 5.92. The van der Waals surface area contributed by atoms with Gasteiger partial charge in [0.15, 0.2) is 0 Å². The molecule has 0 spiro atoms. The Morgan fingerprint density at radius 1 is 0.636 bits per heavy atom. The molecule has 8 nitrogen and oxygen atoms in total. The Hall–Kier alpha value is -1.67. The van der Waals surface area contributed by atoms with E-state index in [0.29, 0.717) is 38.9 Å². The van der Waals surface area contributed by atoms with Crippen LogP contribution in [0.25, 0.3) is 0 Å². The second-order valence-electron chi connectivity index (χ2n) is 8.91. The van der Waals surface area contributed by atoms with Gasteiger partial charge in [-0.1, -0.05) is 52.4 Å². The van der Waals surface area contributed by atoms with E-state index in [4.69, 9.17) is 11.5 Å². The van der Waals surface area contributed by atoms with Gasteiger partial charge in [0, 0.05) is 13.0 Å². The average Bonchev–Trinajstić information content (AvgIpc) is 2.80. The van der Waals surface area contributed by atoms with Crippen LogP contribution < -0.4 is 27.4 Å². The van der Waals surface area contributed by atoms with Gasteiger partial charge < -0.3 is 27.4 Å². The van der Waals surface area contributed by atoms with Crippen LogP contribution in [0, 0.1) is 0 Å². The van der Waals surface area contributed by atoms with Crippen molar-refractivity contribution in [1.82, 2.24) is 16.0 Å². The first-order chi connectivity index (χ1) is 16.0. The lowest BCUT2D eigenvalue weighted by Crippen LogP contribution is -2.53. The van der Waals surface area contributed by atoms with E-state index in [2.05, 4.69) is 22.9 Å². The molecule has 194 valence electrons. The fourth-order valence-electron chi connectivity index (χ4n) is 3.68. The molecule has 0 rings (SSSR count). The zero-order valence-corrected chi connectivity index (χ0v) is 21.3. The molecule has 0 heterocycles. The summed E-state index contributed by atoms with van der Waals surface area (Å²) >= 11 is 0. The Labute approximate surface area is 201 Å². The minimum atomic E-state index is -0.649. The van der Waals surface area contributed by atoms with Crippen LogP contribution in [0.3, 0.4) is 0 Å². The monoisotopic (exact) mass is 469 g/mol. The second-order valence-corrected chi connectivity index (χ2v) is 8.91. The molecule has 2 unspecified atom stereocenters. The first-order valence-electron chi connectivity index (χ1n) is 13.3. The van der Waals surface area contributed by atoms with Gasteiger partial charge in [-0.3, -0.25) is 14.4 Å². The fourth-order valence-corrected chi connectivity index (χ4v) is 3.68. The Morgan fingerprint density at radius 2 is 1.18 bits per heavy atom. The molecular weight excluding hydrogens is 418 g/mol. The summed E-state index contributed by atoms with van der Waals surface area (Å²) in [5.41, 5.74) is 11.2. The minimum Gasteiger partial charge on any atom is -0.354 e. The van der Waals surface area contributed by atoms with Crippen molar-refractivity contribution in [2.24, 2.45) is 11.5 Å². The predicted octanol–water partition coefficient (Wildman–Crippen LogP) is 2.88. The van der Waals surface area contributed by atoms with Gasteiger partial charge in [0.25, 0.3) is 0 Å². The van der Waals surface area contributed by atoms with E-state index in [1.807, 2.05) is 6.92 Å². The normalized spacial score (nSPS) is 12.7. The molecule has 0 saturated carbocycles. The van der Waals surface area contributed by atoms with Crippen molar-refractivity contribution in [2.45, 2.75) is 122 Å². The van der Waals surface area contributed by atoms with Crippen LogP contribution in [0.4, 0.5) is 0 Å². The van der Waals surface area contributed by atoms with Gasteiger partial charge in [0.1, 0.15) is 12.1 Å². The largest absolute Gasteiger partial charge is 0.354 e. The Bertz CT molecular complexity index is 516. The summed E-state index contributed by atoms with van der Waals surface area (Å²) < 4.78 is 0. The maximum atomic E-state index is 13.0. The standard InChI is InChI=1S/C25H51N5O3/c1-3-5-6-7-8-9-10-17-23(31)29-22(16-12-14-19-27)25(33)30-21(15-11-13-18-26)24(32)28-20-4-2/h21-22H,3-20,26-27H2,1-2H3,(H,28,32)(H,29,31)(H,30,33). The Morgan fingerprint density at radius 3 is 1.73 bits per heavy atom. The first kappa shape index (κ1) is 31.3. The highest BCUT2D eigenvalue weighted by atomic mass is 16.2. The van der Waals surface area contributed by atoms with E-state index in [1.54, 1.807) is 0 Å². The SMILES string of the molecule is CCCCCCCCCC(=O)NC(CCCCN)C(=O)NC(CCCCN)C(=O)NCCC. The zero-order chi connectivity index (χ0) is 24.7. The summed E-state index contributed by atoms with van der Waals surface area (Å²) in [6, 6.07) is -1.27. The number of hydrogen-bond acceptors (Lipinski definition) is 5. The van der Waals surface area contributed by atoms with Gasteiger partial charge >= 0.3 is 0 Å². The van der Waals surface area contributed by atoms with Gasteiger partial charge in [-0.25, -0.2) is 0 Å². The first-order valence-corrected chi connectivity index (χ1v) is 13.3. The molecule has 0 aliphatic carbocycles. The number of unbranched alkanes of at least 4 members (excludes halogenated alkanes) is 8. The smallest absolute Gasteiger partial charge is 0.243 e. The molecule has 0 aromatic carbocycles. The third-order valence-corrected chi connectivity index (χ3v) is 5.74. The summed E-state index contributed by atoms with van der Waals surface area (Å²) in [5, 5.41) is 8.63. The molecular formula is C25H51N5O3. The molecule has 33 heavy (non-hydrogen) atoms. The molecule has 0 aromatic rings. The van der Waals surface area contributed by atoms with E-state index >= 15 is 0 Å². The third-order valence-electron chi connectivity index (χ3n) is 5.74. The molecule has 2 atom stereocenters. The lowest BCUT2D eigenvalue weighted by atomic mass is 10.0. The van der Waals surface area contributed by atoms with Crippen LogP contribution in [0.5, 0.6) is 0 Å². The Balaban J connectivity index is 4.79. The van der Waals surface area contributed by atoms with Gasteiger partial charge in [-0.15, -0.1) is 0 Å². The Kier molecular flexibility index (Phi) is 21.0. The molecule has 7 N–H and O–H groups in total. The van der Waals surface area contributed by atoms with Gasteiger partial charge in [0.2, 0.25) is 17.7 Å². The maximum Gasteiger partial charge on any atom is 0.243 e. The number of amides is 3. The van der Waals surface area contributed by atoms with Crippen molar-refractivity contribution < 1.29 is 14.4 Å². The van der Waals surface area contributed by atoms with E-state index < -0.39 is 12.1 Å². The topological polar surface area (TPSA) is 139 Å². The summed E-state index contributed by atoms with van der Waals surface area (Å²) in [6.07, 6.45) is 13.3. The number of carbonyl (C=O) groups excluding carboxylic acids is 3. The van der Waals surface area contributed by atoms with Crippen molar-refractivity contribution in [3.8, 4) is 0 Å². The summed E-state index contributed by atoms with van der Waals surface area (Å²) in [6.45, 7) is 5.84. The molecule has 0 aliphatic heterocycles. The van der Waals surface area contributed by atoms with Crippen LogP contribution in [-0.4, -0.2) is 49.4 Å². The van der Waals surface area contributed by atoms with E-state index in [9.17, 15) is 14.4 Å².